The van der Waals surface area contributed by atoms with E-state index in [0.717, 1.165) is 6.54 Å². The molecule has 42 valence electrons. The highest BCUT2D eigenvalue weighted by Gasteiger charge is 1.85. The standard InChI is InChI=1S/C4H10N2O/c1-6(2)3-4-7-5/h3-4H2,1-2H3. The Morgan fingerprint density at radius 2 is 2.14 bits per heavy atom. The van der Waals surface area contributed by atoms with Gasteiger partial charge in [-0.25, -0.2) is 0 Å². The third-order valence-electron chi connectivity index (χ3n) is 0.630. The van der Waals surface area contributed by atoms with E-state index in [2.05, 4.69) is 4.84 Å². The van der Waals surface area contributed by atoms with Crippen LogP contribution in [0.15, 0.2) is 0 Å². The predicted molar refractivity (Wildman–Crippen MR) is 26.6 cm³/mol. The van der Waals surface area contributed by atoms with Gasteiger partial charge >= 0.3 is 0 Å². The molecule has 0 aromatic rings. The Balaban J connectivity index is 2.68. The minimum absolute atomic E-state index is 0.382. The molecule has 0 amide bonds. The summed E-state index contributed by atoms with van der Waals surface area (Å²) in [5, 5.41) is 0. The molecule has 0 saturated carbocycles. The van der Waals surface area contributed by atoms with Crippen molar-refractivity contribution < 1.29 is 4.84 Å². The Kier molecular flexibility index (Phi) is 3.98. The molecule has 7 heavy (non-hydrogen) atoms. The molecule has 2 radical (unpaired) electrons. The molecule has 0 aliphatic heterocycles. The second-order valence-electron chi connectivity index (χ2n) is 1.64. The second-order valence-corrected chi connectivity index (χ2v) is 1.64. The molecule has 0 aliphatic carbocycles. The van der Waals surface area contributed by atoms with Crippen LogP contribution >= 0.6 is 0 Å². The van der Waals surface area contributed by atoms with E-state index in [1.54, 1.807) is 0 Å². The van der Waals surface area contributed by atoms with Gasteiger partial charge in [0.05, 0.1) is 6.61 Å². The maximum absolute atomic E-state index is 7.79. The molecule has 3 heteroatoms. The van der Waals surface area contributed by atoms with Crippen LogP contribution in [0.1, 0.15) is 0 Å². The fourth-order valence-electron chi connectivity index (χ4n) is 0.223. The zero-order valence-corrected chi connectivity index (χ0v) is 4.72. The zero-order valence-electron chi connectivity index (χ0n) is 4.72. The number of hydrogen-bond donors (Lipinski definition) is 0. The van der Waals surface area contributed by atoms with Gasteiger partial charge in [-0.05, 0) is 14.1 Å². The van der Waals surface area contributed by atoms with Crippen LogP contribution in [0.4, 0.5) is 0 Å². The van der Waals surface area contributed by atoms with Crippen molar-refractivity contribution in [1.29, 1.82) is 0 Å². The summed E-state index contributed by atoms with van der Waals surface area (Å²) in [5.74, 6) is 7.79. The minimum Gasteiger partial charge on any atom is -0.307 e. The Bertz CT molecular complexity index is 38.7. The molecule has 0 bridgehead atoms. The quantitative estimate of drug-likeness (QED) is 0.452. The second kappa shape index (κ2) is 4.05. The third-order valence-corrected chi connectivity index (χ3v) is 0.630. The van der Waals surface area contributed by atoms with Crippen LogP contribution in [-0.4, -0.2) is 32.1 Å². The van der Waals surface area contributed by atoms with E-state index in [0.29, 0.717) is 6.61 Å². The van der Waals surface area contributed by atoms with Gasteiger partial charge in [-0.2, -0.15) is 0 Å². The van der Waals surface area contributed by atoms with Gasteiger partial charge in [0.25, 0.3) is 0 Å². The van der Waals surface area contributed by atoms with Crippen molar-refractivity contribution in [3.63, 3.8) is 0 Å². The van der Waals surface area contributed by atoms with E-state index in [1.165, 1.54) is 0 Å². The van der Waals surface area contributed by atoms with Crippen molar-refractivity contribution in [1.82, 2.24) is 10.8 Å². The summed E-state index contributed by atoms with van der Waals surface area (Å²) in [7, 11) is 3.83. The summed E-state index contributed by atoms with van der Waals surface area (Å²) in [4.78, 5) is 5.74. The van der Waals surface area contributed by atoms with Gasteiger partial charge in [0.2, 0.25) is 0 Å². The van der Waals surface area contributed by atoms with Gasteiger partial charge in [-0.1, -0.05) is 0 Å². The van der Waals surface area contributed by atoms with Crippen molar-refractivity contribution in [3.05, 3.63) is 0 Å². The van der Waals surface area contributed by atoms with Crippen molar-refractivity contribution in [2.75, 3.05) is 27.2 Å². The molecule has 0 saturated heterocycles. The topological polar surface area (TPSA) is 34.8 Å². The number of hydrogen-bond acceptors (Lipinski definition) is 2. The molecule has 0 aliphatic rings. The summed E-state index contributed by atoms with van der Waals surface area (Å²) < 4.78 is 0. The van der Waals surface area contributed by atoms with Crippen molar-refractivity contribution >= 4 is 0 Å². The highest BCUT2D eigenvalue weighted by molar-refractivity contribution is 4.35. The number of nitrogens with zero attached hydrogens (tertiary/aromatic N) is 2. The largest absolute Gasteiger partial charge is 0.307 e. The first kappa shape index (κ1) is 6.88. The minimum atomic E-state index is 0.382. The van der Waals surface area contributed by atoms with Crippen LogP contribution < -0.4 is 5.90 Å². The first-order valence-corrected chi connectivity index (χ1v) is 2.18. The van der Waals surface area contributed by atoms with Gasteiger partial charge in [0, 0.05) is 12.4 Å². The van der Waals surface area contributed by atoms with Crippen LogP contribution in [0, 0.1) is 0 Å². The van der Waals surface area contributed by atoms with Crippen LogP contribution in [0.3, 0.4) is 0 Å². The molecule has 3 nitrogen and oxygen atoms in total. The molecule has 0 unspecified atom stereocenters. The summed E-state index contributed by atoms with van der Waals surface area (Å²) in [5.41, 5.74) is 0. The molecule has 0 spiro atoms. The number of rotatable bonds is 3. The maximum atomic E-state index is 7.79. The number of likely N-dealkylation sites (N-methyl/N-ethyl adjacent to an activating group) is 1. The Morgan fingerprint density at radius 3 is 2.29 bits per heavy atom. The molecule has 0 N–H and O–H groups in total. The van der Waals surface area contributed by atoms with Crippen LogP contribution in [0.2, 0.25) is 0 Å². The van der Waals surface area contributed by atoms with Gasteiger partial charge in [-0.3, -0.25) is 4.84 Å². The van der Waals surface area contributed by atoms with Crippen LogP contribution in [-0.2, 0) is 4.84 Å². The average molecular weight is 102 g/mol. The molecule has 0 fully saturated rings. The third kappa shape index (κ3) is 5.88. The van der Waals surface area contributed by atoms with Crippen molar-refractivity contribution in [3.8, 4) is 0 Å². The molecule has 0 atom stereocenters. The average Bonchev–Trinajstić information content (AvgIpc) is 1.61. The molecule has 0 aromatic heterocycles. The zero-order chi connectivity index (χ0) is 5.70. The highest BCUT2D eigenvalue weighted by Crippen LogP contribution is 1.71. The molecule has 0 aromatic carbocycles. The van der Waals surface area contributed by atoms with Crippen molar-refractivity contribution in [2.45, 2.75) is 0 Å². The lowest BCUT2D eigenvalue weighted by molar-refractivity contribution is 0.103. The van der Waals surface area contributed by atoms with Gasteiger partial charge in [-0.15, -0.1) is 0 Å². The van der Waals surface area contributed by atoms with Gasteiger partial charge < -0.3 is 4.90 Å². The van der Waals surface area contributed by atoms with Gasteiger partial charge in [0.15, 0.2) is 0 Å². The summed E-state index contributed by atoms with van der Waals surface area (Å²) in [6.07, 6.45) is 0. The molecular weight excluding hydrogens is 92.1 g/mol. The maximum Gasteiger partial charge on any atom is 0.0846 e. The van der Waals surface area contributed by atoms with Gasteiger partial charge in [0.1, 0.15) is 0 Å². The lowest BCUT2D eigenvalue weighted by Crippen LogP contribution is -2.17. The SMILES string of the molecule is CN(C)CCO[N]. The monoisotopic (exact) mass is 102 g/mol. The van der Waals surface area contributed by atoms with E-state index in [4.69, 9.17) is 5.90 Å². The fraction of sp³-hybridized carbons (Fsp3) is 1.00. The Hall–Kier alpha value is -0.120. The van der Waals surface area contributed by atoms with E-state index in [-0.39, 0.29) is 0 Å². The normalized spacial score (nSPS) is 10.3. The Morgan fingerprint density at radius 1 is 1.57 bits per heavy atom. The predicted octanol–water partition coefficient (Wildman–Crippen LogP) is -0.452. The smallest absolute Gasteiger partial charge is 0.0846 e. The Labute approximate surface area is 44.0 Å². The van der Waals surface area contributed by atoms with E-state index in [1.807, 2.05) is 19.0 Å². The molecule has 0 rings (SSSR count). The lowest BCUT2D eigenvalue weighted by atomic mass is 10.6. The van der Waals surface area contributed by atoms with E-state index >= 15 is 0 Å². The first-order chi connectivity index (χ1) is 3.27. The lowest BCUT2D eigenvalue weighted by Gasteiger charge is -2.04. The van der Waals surface area contributed by atoms with E-state index in [9.17, 15) is 0 Å². The highest BCUT2D eigenvalue weighted by atomic mass is 16.6. The van der Waals surface area contributed by atoms with Crippen LogP contribution in [0.5, 0.6) is 0 Å². The fourth-order valence-corrected chi connectivity index (χ4v) is 0.223. The first-order valence-electron chi connectivity index (χ1n) is 2.18. The van der Waals surface area contributed by atoms with Crippen LogP contribution in [0.25, 0.3) is 0 Å². The molecular formula is C4H10N2O. The molecule has 0 heterocycles. The summed E-state index contributed by atoms with van der Waals surface area (Å²) >= 11 is 0. The van der Waals surface area contributed by atoms with Crippen molar-refractivity contribution in [2.24, 2.45) is 0 Å². The van der Waals surface area contributed by atoms with E-state index < -0.39 is 0 Å². The summed E-state index contributed by atoms with van der Waals surface area (Å²) in [6.45, 7) is 1.14. The summed E-state index contributed by atoms with van der Waals surface area (Å²) in [6, 6.07) is 0.